The van der Waals surface area contributed by atoms with Gasteiger partial charge in [-0.25, -0.2) is 8.42 Å². The van der Waals surface area contributed by atoms with E-state index >= 15 is 0 Å². The van der Waals surface area contributed by atoms with Gasteiger partial charge in [-0.15, -0.1) is 0 Å². The van der Waals surface area contributed by atoms with E-state index in [2.05, 4.69) is 4.98 Å². The van der Waals surface area contributed by atoms with Gasteiger partial charge in [0, 0.05) is 30.8 Å². The summed E-state index contributed by atoms with van der Waals surface area (Å²) in [4.78, 5) is 16.6. The van der Waals surface area contributed by atoms with Gasteiger partial charge in [-0.3, -0.25) is 10.1 Å². The summed E-state index contributed by atoms with van der Waals surface area (Å²) < 4.78 is 43.1. The van der Waals surface area contributed by atoms with Crippen LogP contribution in [0.25, 0.3) is 11.5 Å². The number of nitro groups is 1. The largest absolute Gasteiger partial charge is 0.497 e. The summed E-state index contributed by atoms with van der Waals surface area (Å²) in [6.07, 6.45) is 0. The van der Waals surface area contributed by atoms with Crippen molar-refractivity contribution in [1.82, 2.24) is 4.98 Å². The summed E-state index contributed by atoms with van der Waals surface area (Å²) in [5, 5.41) is 10.9. The van der Waals surface area contributed by atoms with Crippen LogP contribution in [0.4, 0.5) is 11.6 Å². The molecule has 2 heterocycles. The number of ether oxygens (including phenoxy) is 2. The quantitative estimate of drug-likeness (QED) is 0.416. The molecule has 3 aromatic rings. The molecule has 0 bridgehead atoms. The lowest BCUT2D eigenvalue weighted by Gasteiger charge is -2.26. The summed E-state index contributed by atoms with van der Waals surface area (Å²) in [5.74, 6) is 0.586. The first-order valence-corrected chi connectivity index (χ1v) is 10.9. The van der Waals surface area contributed by atoms with E-state index in [-0.39, 0.29) is 27.4 Å². The fraction of sp³-hybridized carbons (Fsp3) is 0.250. The molecule has 0 saturated carbocycles. The number of nitrogens with zero attached hydrogens (tertiary/aromatic N) is 3. The zero-order chi connectivity index (χ0) is 22.0. The Labute approximate surface area is 178 Å². The second-order valence-corrected chi connectivity index (χ2v) is 8.58. The van der Waals surface area contributed by atoms with Crippen LogP contribution in [-0.2, 0) is 14.6 Å². The maximum absolute atomic E-state index is 13.4. The molecule has 162 valence electrons. The standard InChI is InChI=1S/C20H19N3O7S/c1-28-16-5-7-17(8-6-16)31(26,27)19-20(22-9-11-29-12-10-22)30-18(21-19)14-3-2-4-15(13-14)23(24)25/h2-8,13H,9-12H2,1H3. The minimum absolute atomic E-state index is 0.0164. The molecule has 0 radical (unpaired) electrons. The van der Waals surface area contributed by atoms with Gasteiger partial charge in [0.15, 0.2) is 0 Å². The Morgan fingerprint density at radius 2 is 1.84 bits per heavy atom. The van der Waals surface area contributed by atoms with Crippen LogP contribution in [0.5, 0.6) is 5.75 Å². The van der Waals surface area contributed by atoms with Crippen molar-refractivity contribution in [3.63, 3.8) is 0 Å². The molecule has 1 fully saturated rings. The lowest BCUT2D eigenvalue weighted by molar-refractivity contribution is -0.384. The molecule has 4 rings (SSSR count). The van der Waals surface area contributed by atoms with Gasteiger partial charge in [0.25, 0.3) is 5.69 Å². The van der Waals surface area contributed by atoms with Crippen LogP contribution in [0.2, 0.25) is 0 Å². The number of benzene rings is 2. The molecule has 1 aromatic heterocycles. The van der Waals surface area contributed by atoms with E-state index < -0.39 is 14.8 Å². The molecular weight excluding hydrogens is 426 g/mol. The summed E-state index contributed by atoms with van der Waals surface area (Å²) in [6, 6.07) is 11.6. The zero-order valence-corrected chi connectivity index (χ0v) is 17.4. The van der Waals surface area contributed by atoms with Crippen molar-refractivity contribution in [3.05, 3.63) is 58.6 Å². The number of non-ortho nitro benzene ring substituents is 1. The molecule has 1 saturated heterocycles. The van der Waals surface area contributed by atoms with Crippen molar-refractivity contribution >= 4 is 21.4 Å². The number of anilines is 1. The first-order valence-electron chi connectivity index (χ1n) is 9.37. The van der Waals surface area contributed by atoms with Gasteiger partial charge in [0.1, 0.15) is 5.75 Å². The Balaban J connectivity index is 1.83. The van der Waals surface area contributed by atoms with E-state index in [0.717, 1.165) is 0 Å². The molecule has 31 heavy (non-hydrogen) atoms. The number of morpholine rings is 1. The van der Waals surface area contributed by atoms with E-state index in [1.54, 1.807) is 23.1 Å². The number of hydrogen-bond donors (Lipinski definition) is 0. The molecule has 10 nitrogen and oxygen atoms in total. The van der Waals surface area contributed by atoms with Crippen molar-refractivity contribution in [2.45, 2.75) is 9.92 Å². The second-order valence-electron chi connectivity index (χ2n) is 6.72. The molecule has 0 amide bonds. The molecule has 2 aromatic carbocycles. The Bertz CT molecular complexity index is 1200. The Morgan fingerprint density at radius 1 is 1.13 bits per heavy atom. The van der Waals surface area contributed by atoms with E-state index in [1.165, 1.54) is 37.4 Å². The average Bonchev–Trinajstić information content (AvgIpc) is 3.26. The Morgan fingerprint density at radius 3 is 2.48 bits per heavy atom. The molecule has 0 spiro atoms. The fourth-order valence-corrected chi connectivity index (χ4v) is 4.50. The summed E-state index contributed by atoms with van der Waals surface area (Å²) in [5.41, 5.74) is 0.156. The van der Waals surface area contributed by atoms with Crippen molar-refractivity contribution in [3.8, 4) is 17.2 Å². The maximum Gasteiger partial charge on any atom is 0.270 e. The average molecular weight is 445 g/mol. The number of rotatable bonds is 6. The Kier molecular flexibility index (Phi) is 5.61. The third-order valence-corrected chi connectivity index (χ3v) is 6.47. The number of sulfone groups is 1. The maximum atomic E-state index is 13.4. The molecule has 0 N–H and O–H groups in total. The van der Waals surface area contributed by atoms with Gasteiger partial charge in [0.2, 0.25) is 26.6 Å². The van der Waals surface area contributed by atoms with Crippen LogP contribution in [0, 0.1) is 10.1 Å². The van der Waals surface area contributed by atoms with Gasteiger partial charge in [0.05, 0.1) is 30.1 Å². The van der Waals surface area contributed by atoms with E-state index in [4.69, 9.17) is 13.9 Å². The van der Waals surface area contributed by atoms with Crippen molar-refractivity contribution in [2.24, 2.45) is 0 Å². The lowest BCUT2D eigenvalue weighted by Crippen LogP contribution is -2.36. The fourth-order valence-electron chi connectivity index (χ4n) is 3.18. The number of oxazole rings is 1. The monoisotopic (exact) mass is 445 g/mol. The molecule has 0 unspecified atom stereocenters. The number of aromatic nitrogens is 1. The van der Waals surface area contributed by atoms with Gasteiger partial charge in [-0.1, -0.05) is 6.07 Å². The molecular formula is C20H19N3O7S. The lowest BCUT2D eigenvalue weighted by atomic mass is 10.2. The highest BCUT2D eigenvalue weighted by molar-refractivity contribution is 7.91. The third kappa shape index (κ3) is 4.09. The minimum Gasteiger partial charge on any atom is -0.497 e. The second kappa shape index (κ2) is 8.36. The van der Waals surface area contributed by atoms with Gasteiger partial charge < -0.3 is 18.8 Å². The van der Waals surface area contributed by atoms with Crippen LogP contribution < -0.4 is 9.64 Å². The highest BCUT2D eigenvalue weighted by Crippen LogP contribution is 2.36. The highest BCUT2D eigenvalue weighted by atomic mass is 32.2. The van der Waals surface area contributed by atoms with Crippen LogP contribution in [0.1, 0.15) is 0 Å². The van der Waals surface area contributed by atoms with Crippen molar-refractivity contribution in [2.75, 3.05) is 38.3 Å². The minimum atomic E-state index is -4.03. The molecule has 0 atom stereocenters. The number of nitro benzene ring substituents is 1. The Hall–Kier alpha value is -3.44. The van der Waals surface area contributed by atoms with Gasteiger partial charge >= 0.3 is 0 Å². The SMILES string of the molecule is COc1ccc(S(=O)(=O)c2nc(-c3cccc([N+](=O)[O-])c3)oc2N2CCOCC2)cc1. The molecule has 11 heteroatoms. The summed E-state index contributed by atoms with van der Waals surface area (Å²) in [7, 11) is -2.55. The molecule has 1 aliphatic rings. The summed E-state index contributed by atoms with van der Waals surface area (Å²) in [6.45, 7) is 1.67. The third-order valence-electron chi connectivity index (χ3n) is 4.81. The number of methoxy groups -OCH3 is 1. The van der Waals surface area contributed by atoms with Gasteiger partial charge in [-0.2, -0.15) is 4.98 Å². The van der Waals surface area contributed by atoms with Crippen molar-refractivity contribution in [1.29, 1.82) is 0 Å². The first-order chi connectivity index (χ1) is 14.9. The molecule has 1 aliphatic heterocycles. The van der Waals surface area contributed by atoms with Crippen LogP contribution in [0.3, 0.4) is 0 Å². The van der Waals surface area contributed by atoms with Crippen LogP contribution >= 0.6 is 0 Å². The van der Waals surface area contributed by atoms with Gasteiger partial charge in [-0.05, 0) is 30.3 Å². The van der Waals surface area contributed by atoms with E-state index in [0.29, 0.717) is 37.6 Å². The first kappa shape index (κ1) is 20.8. The summed E-state index contributed by atoms with van der Waals surface area (Å²) >= 11 is 0. The van der Waals surface area contributed by atoms with Crippen LogP contribution in [0.15, 0.2) is 62.9 Å². The van der Waals surface area contributed by atoms with Crippen molar-refractivity contribution < 1.29 is 27.2 Å². The zero-order valence-electron chi connectivity index (χ0n) is 16.6. The van der Waals surface area contributed by atoms with E-state index in [9.17, 15) is 18.5 Å². The van der Waals surface area contributed by atoms with Crippen LogP contribution in [-0.4, -0.2) is 51.7 Å². The smallest absolute Gasteiger partial charge is 0.270 e. The number of hydrogen-bond acceptors (Lipinski definition) is 9. The predicted octanol–water partition coefficient (Wildman–Crippen LogP) is 2.93. The normalized spacial score (nSPS) is 14.4. The topological polar surface area (TPSA) is 125 Å². The highest BCUT2D eigenvalue weighted by Gasteiger charge is 2.32. The molecule has 0 aliphatic carbocycles. The van der Waals surface area contributed by atoms with E-state index in [1.807, 2.05) is 0 Å². The predicted molar refractivity (Wildman–Crippen MR) is 110 cm³/mol.